The Hall–Kier alpha value is -1.38. The van der Waals surface area contributed by atoms with E-state index in [1.807, 2.05) is 12.1 Å². The van der Waals surface area contributed by atoms with Crippen molar-refractivity contribution in [2.24, 2.45) is 5.92 Å². The van der Waals surface area contributed by atoms with Crippen LogP contribution >= 0.6 is 0 Å². The lowest BCUT2D eigenvalue weighted by atomic mass is 9.98. The molecule has 0 radical (unpaired) electrons. The van der Waals surface area contributed by atoms with E-state index in [2.05, 4.69) is 18.3 Å². The van der Waals surface area contributed by atoms with Crippen molar-refractivity contribution in [3.05, 3.63) is 18.2 Å². The summed E-state index contributed by atoms with van der Waals surface area (Å²) in [6.07, 6.45) is 7.94. The number of hydrogen-bond donors (Lipinski definition) is 1. The molecule has 0 bridgehead atoms. The van der Waals surface area contributed by atoms with Gasteiger partial charge in [0.25, 0.3) is 0 Å². The van der Waals surface area contributed by atoms with E-state index in [-0.39, 0.29) is 0 Å². The maximum Gasteiger partial charge on any atom is 0.162 e. The molecule has 112 valence electrons. The number of nitrogens with one attached hydrogen (secondary N) is 1. The van der Waals surface area contributed by atoms with Crippen LogP contribution in [0, 0.1) is 5.92 Å². The Morgan fingerprint density at radius 2 is 1.85 bits per heavy atom. The fourth-order valence-electron chi connectivity index (χ4n) is 3.09. The van der Waals surface area contributed by atoms with Gasteiger partial charge >= 0.3 is 0 Å². The molecule has 0 aliphatic heterocycles. The van der Waals surface area contributed by atoms with Crippen molar-refractivity contribution in [1.29, 1.82) is 0 Å². The molecule has 0 spiro atoms. The highest BCUT2D eigenvalue weighted by atomic mass is 16.5. The van der Waals surface area contributed by atoms with Gasteiger partial charge in [-0.1, -0.05) is 26.2 Å². The smallest absolute Gasteiger partial charge is 0.162 e. The van der Waals surface area contributed by atoms with Crippen LogP contribution in [-0.2, 0) is 0 Å². The molecule has 0 heterocycles. The summed E-state index contributed by atoms with van der Waals surface area (Å²) in [5.41, 5.74) is 1.13. The molecule has 1 saturated carbocycles. The highest BCUT2D eigenvalue weighted by molar-refractivity contribution is 5.55. The molecule has 1 aromatic carbocycles. The Kier molecular flexibility index (Phi) is 5.57. The Balaban J connectivity index is 1.99. The van der Waals surface area contributed by atoms with Gasteiger partial charge in [-0.2, -0.15) is 0 Å². The second-order valence-corrected chi connectivity index (χ2v) is 5.69. The summed E-state index contributed by atoms with van der Waals surface area (Å²) in [6, 6.07) is 6.65. The fourth-order valence-corrected chi connectivity index (χ4v) is 3.09. The SMILES string of the molecule is CCC1CCCC(Nc2ccc(OC)c(OC)c2)CC1. The second-order valence-electron chi connectivity index (χ2n) is 5.69. The van der Waals surface area contributed by atoms with Gasteiger partial charge in [0.2, 0.25) is 0 Å². The first-order valence-corrected chi connectivity index (χ1v) is 7.75. The molecule has 20 heavy (non-hydrogen) atoms. The maximum atomic E-state index is 5.36. The summed E-state index contributed by atoms with van der Waals surface area (Å²) >= 11 is 0. The lowest BCUT2D eigenvalue weighted by Gasteiger charge is -2.19. The van der Waals surface area contributed by atoms with Gasteiger partial charge in [-0.15, -0.1) is 0 Å². The van der Waals surface area contributed by atoms with Crippen molar-refractivity contribution < 1.29 is 9.47 Å². The van der Waals surface area contributed by atoms with E-state index in [1.54, 1.807) is 14.2 Å². The first kappa shape index (κ1) is 15.0. The van der Waals surface area contributed by atoms with Gasteiger partial charge in [-0.25, -0.2) is 0 Å². The zero-order chi connectivity index (χ0) is 14.4. The van der Waals surface area contributed by atoms with Crippen LogP contribution in [0.3, 0.4) is 0 Å². The average molecular weight is 277 g/mol. The van der Waals surface area contributed by atoms with Crippen LogP contribution in [0.1, 0.15) is 45.4 Å². The number of anilines is 1. The Morgan fingerprint density at radius 1 is 1.05 bits per heavy atom. The van der Waals surface area contributed by atoms with Gasteiger partial charge in [0, 0.05) is 17.8 Å². The molecule has 1 aliphatic rings. The second kappa shape index (κ2) is 7.41. The van der Waals surface area contributed by atoms with Crippen molar-refractivity contribution in [2.75, 3.05) is 19.5 Å². The fraction of sp³-hybridized carbons (Fsp3) is 0.647. The zero-order valence-corrected chi connectivity index (χ0v) is 12.9. The molecule has 0 saturated heterocycles. The predicted molar refractivity (Wildman–Crippen MR) is 83.8 cm³/mol. The van der Waals surface area contributed by atoms with Crippen LogP contribution in [0.4, 0.5) is 5.69 Å². The van der Waals surface area contributed by atoms with Gasteiger partial charge < -0.3 is 14.8 Å². The van der Waals surface area contributed by atoms with Crippen molar-refractivity contribution in [3.8, 4) is 11.5 Å². The van der Waals surface area contributed by atoms with Crippen molar-refractivity contribution in [3.63, 3.8) is 0 Å². The third-order valence-corrected chi connectivity index (χ3v) is 4.42. The minimum atomic E-state index is 0.588. The molecular weight excluding hydrogens is 250 g/mol. The van der Waals surface area contributed by atoms with Crippen molar-refractivity contribution in [1.82, 2.24) is 0 Å². The zero-order valence-electron chi connectivity index (χ0n) is 12.9. The lowest BCUT2D eigenvalue weighted by molar-refractivity contribution is 0.355. The Labute approximate surface area is 122 Å². The first-order chi connectivity index (χ1) is 9.76. The highest BCUT2D eigenvalue weighted by Gasteiger charge is 2.18. The van der Waals surface area contributed by atoms with Crippen LogP contribution in [0.25, 0.3) is 0 Å². The first-order valence-electron chi connectivity index (χ1n) is 7.75. The molecule has 3 heteroatoms. The summed E-state index contributed by atoms with van der Waals surface area (Å²) in [7, 11) is 3.35. The molecule has 2 atom stereocenters. The minimum Gasteiger partial charge on any atom is -0.493 e. The predicted octanol–water partition coefficient (Wildman–Crippen LogP) is 4.47. The van der Waals surface area contributed by atoms with E-state index in [0.29, 0.717) is 6.04 Å². The van der Waals surface area contributed by atoms with Crippen LogP contribution in [0.5, 0.6) is 11.5 Å². The number of ether oxygens (including phenoxy) is 2. The van der Waals surface area contributed by atoms with Crippen LogP contribution in [0.2, 0.25) is 0 Å². The van der Waals surface area contributed by atoms with E-state index < -0.39 is 0 Å². The topological polar surface area (TPSA) is 30.5 Å². The molecule has 2 rings (SSSR count). The molecule has 1 fully saturated rings. The van der Waals surface area contributed by atoms with Crippen LogP contribution in [-0.4, -0.2) is 20.3 Å². The Morgan fingerprint density at radius 3 is 2.55 bits per heavy atom. The normalized spacial score (nSPS) is 22.9. The van der Waals surface area contributed by atoms with E-state index in [0.717, 1.165) is 23.1 Å². The molecule has 1 aromatic rings. The standard InChI is InChI=1S/C17H27NO2/c1-4-13-6-5-7-14(9-8-13)18-15-10-11-16(19-2)17(12-15)20-3/h10-14,18H,4-9H2,1-3H3. The van der Waals surface area contributed by atoms with E-state index in [9.17, 15) is 0 Å². The molecule has 0 amide bonds. The molecule has 0 aromatic heterocycles. The molecular formula is C17H27NO2. The Bertz CT molecular complexity index is 419. The molecule has 3 nitrogen and oxygen atoms in total. The van der Waals surface area contributed by atoms with Gasteiger partial charge in [-0.05, 0) is 37.3 Å². The summed E-state index contributed by atoms with van der Waals surface area (Å²) in [5.74, 6) is 2.50. The van der Waals surface area contributed by atoms with Gasteiger partial charge in [0.15, 0.2) is 11.5 Å². The van der Waals surface area contributed by atoms with Crippen molar-refractivity contribution >= 4 is 5.69 Å². The largest absolute Gasteiger partial charge is 0.493 e. The lowest BCUT2D eigenvalue weighted by Crippen LogP contribution is -2.18. The third-order valence-electron chi connectivity index (χ3n) is 4.42. The van der Waals surface area contributed by atoms with Crippen molar-refractivity contribution in [2.45, 2.75) is 51.5 Å². The molecule has 1 aliphatic carbocycles. The summed E-state index contributed by atoms with van der Waals surface area (Å²) in [6.45, 7) is 2.31. The number of benzene rings is 1. The summed E-state index contributed by atoms with van der Waals surface area (Å²) in [4.78, 5) is 0. The van der Waals surface area contributed by atoms with Gasteiger partial charge in [0.1, 0.15) is 0 Å². The summed E-state index contributed by atoms with van der Waals surface area (Å²) in [5, 5.41) is 3.66. The number of methoxy groups -OCH3 is 2. The van der Waals surface area contributed by atoms with E-state index in [4.69, 9.17) is 9.47 Å². The highest BCUT2D eigenvalue weighted by Crippen LogP contribution is 2.32. The number of rotatable bonds is 5. The molecule has 1 N–H and O–H groups in total. The summed E-state index contributed by atoms with van der Waals surface area (Å²) < 4.78 is 10.6. The van der Waals surface area contributed by atoms with Gasteiger partial charge in [0.05, 0.1) is 14.2 Å². The van der Waals surface area contributed by atoms with Gasteiger partial charge in [-0.3, -0.25) is 0 Å². The molecule has 2 unspecified atom stereocenters. The van der Waals surface area contributed by atoms with E-state index in [1.165, 1.54) is 38.5 Å². The quantitative estimate of drug-likeness (QED) is 0.805. The minimum absolute atomic E-state index is 0.588. The number of hydrogen-bond acceptors (Lipinski definition) is 3. The van der Waals surface area contributed by atoms with Crippen LogP contribution in [0.15, 0.2) is 18.2 Å². The average Bonchev–Trinajstić information content (AvgIpc) is 2.72. The van der Waals surface area contributed by atoms with Crippen LogP contribution < -0.4 is 14.8 Å². The maximum absolute atomic E-state index is 5.36. The third kappa shape index (κ3) is 3.81. The van der Waals surface area contributed by atoms with E-state index >= 15 is 0 Å². The monoisotopic (exact) mass is 277 g/mol.